The average Bonchev–Trinajstić information content (AvgIpc) is 3.15. The van der Waals surface area contributed by atoms with Crippen molar-refractivity contribution in [2.75, 3.05) is 13.7 Å². The van der Waals surface area contributed by atoms with E-state index in [9.17, 15) is 8.42 Å². The maximum atomic E-state index is 13.1. The van der Waals surface area contributed by atoms with Crippen molar-refractivity contribution in [2.45, 2.75) is 24.6 Å². The molecule has 146 valence electrons. The molecule has 0 radical (unpaired) electrons. The Hall–Kier alpha value is -2.91. The highest BCUT2D eigenvalue weighted by molar-refractivity contribution is 7.89. The predicted octanol–water partition coefficient (Wildman–Crippen LogP) is 2.07. The standard InChI is InChI=1S/C19H20N4O4S/c1-26-15-4-2-6-17(10-15)28(24,25)23-9-8-22-14-21-18(19(22)12-23)13-27-16-5-3-7-20-11-16/h2-7,10-11,14H,8-9,12-13H2,1H3. The number of imidazole rings is 1. The maximum absolute atomic E-state index is 13.1. The Balaban J connectivity index is 1.54. The first kappa shape index (κ1) is 18.5. The molecule has 1 aliphatic rings. The van der Waals surface area contributed by atoms with Gasteiger partial charge in [-0.2, -0.15) is 4.31 Å². The Labute approximate surface area is 163 Å². The summed E-state index contributed by atoms with van der Waals surface area (Å²) in [6, 6.07) is 10.1. The lowest BCUT2D eigenvalue weighted by Crippen LogP contribution is -2.38. The molecule has 0 spiro atoms. The average molecular weight is 400 g/mol. The Morgan fingerprint density at radius 1 is 1.14 bits per heavy atom. The van der Waals surface area contributed by atoms with Crippen LogP contribution in [0.1, 0.15) is 11.4 Å². The fourth-order valence-corrected chi connectivity index (χ4v) is 4.54. The van der Waals surface area contributed by atoms with Gasteiger partial charge in [0.1, 0.15) is 23.8 Å². The molecule has 9 heteroatoms. The summed E-state index contributed by atoms with van der Waals surface area (Å²) in [4.78, 5) is 8.64. The number of sulfonamides is 1. The quantitative estimate of drug-likeness (QED) is 0.630. The molecule has 0 fully saturated rings. The minimum absolute atomic E-state index is 0.216. The lowest BCUT2D eigenvalue weighted by Gasteiger charge is -2.28. The minimum Gasteiger partial charge on any atom is -0.497 e. The van der Waals surface area contributed by atoms with Crippen LogP contribution >= 0.6 is 0 Å². The molecule has 0 N–H and O–H groups in total. The number of rotatable bonds is 6. The van der Waals surface area contributed by atoms with Crippen LogP contribution in [-0.4, -0.2) is 40.9 Å². The number of methoxy groups -OCH3 is 1. The fourth-order valence-electron chi connectivity index (χ4n) is 3.11. The highest BCUT2D eigenvalue weighted by atomic mass is 32.2. The van der Waals surface area contributed by atoms with Gasteiger partial charge in [-0.1, -0.05) is 6.07 Å². The van der Waals surface area contributed by atoms with Crippen molar-refractivity contribution in [3.05, 3.63) is 66.5 Å². The lowest BCUT2D eigenvalue weighted by atomic mass is 10.3. The van der Waals surface area contributed by atoms with E-state index in [4.69, 9.17) is 9.47 Å². The minimum atomic E-state index is -3.64. The van der Waals surface area contributed by atoms with Gasteiger partial charge in [0, 0.05) is 25.4 Å². The number of aromatic nitrogens is 3. The summed E-state index contributed by atoms with van der Waals surface area (Å²) in [5.41, 5.74) is 1.55. The Kier molecular flexibility index (Phi) is 5.01. The van der Waals surface area contributed by atoms with E-state index in [2.05, 4.69) is 9.97 Å². The number of ether oxygens (including phenoxy) is 2. The number of hydrogen-bond donors (Lipinski definition) is 0. The van der Waals surface area contributed by atoms with Crippen LogP contribution in [-0.2, 0) is 29.7 Å². The molecule has 0 unspecified atom stereocenters. The normalized spacial score (nSPS) is 14.5. The van der Waals surface area contributed by atoms with Gasteiger partial charge in [-0.25, -0.2) is 13.4 Å². The molecule has 28 heavy (non-hydrogen) atoms. The summed E-state index contributed by atoms with van der Waals surface area (Å²) in [5.74, 6) is 1.15. The highest BCUT2D eigenvalue weighted by Gasteiger charge is 2.30. The van der Waals surface area contributed by atoms with Crippen LogP contribution in [0, 0.1) is 0 Å². The van der Waals surface area contributed by atoms with Crippen molar-refractivity contribution in [1.29, 1.82) is 0 Å². The second-order valence-electron chi connectivity index (χ2n) is 6.33. The lowest BCUT2D eigenvalue weighted by molar-refractivity contribution is 0.291. The van der Waals surface area contributed by atoms with Gasteiger partial charge in [0.25, 0.3) is 0 Å². The maximum Gasteiger partial charge on any atom is 0.243 e. The fraction of sp³-hybridized carbons (Fsp3) is 0.263. The first-order chi connectivity index (χ1) is 13.6. The van der Waals surface area contributed by atoms with Gasteiger partial charge in [0.2, 0.25) is 10.0 Å². The molecule has 0 amide bonds. The third-order valence-corrected chi connectivity index (χ3v) is 6.48. The van der Waals surface area contributed by atoms with Gasteiger partial charge in [0.15, 0.2) is 0 Å². The van der Waals surface area contributed by atoms with Crippen LogP contribution in [0.2, 0.25) is 0 Å². The molecule has 0 atom stereocenters. The summed E-state index contributed by atoms with van der Waals surface area (Å²) < 4.78 is 40.5. The third kappa shape index (κ3) is 3.58. The summed E-state index contributed by atoms with van der Waals surface area (Å²) >= 11 is 0. The highest BCUT2D eigenvalue weighted by Crippen LogP contribution is 2.26. The smallest absolute Gasteiger partial charge is 0.243 e. The van der Waals surface area contributed by atoms with Crippen LogP contribution in [0.5, 0.6) is 11.5 Å². The summed E-state index contributed by atoms with van der Waals surface area (Å²) in [6.07, 6.45) is 5.03. The van der Waals surface area contributed by atoms with Crippen molar-refractivity contribution in [2.24, 2.45) is 0 Å². The molecule has 8 nitrogen and oxygen atoms in total. The molecular formula is C19H20N4O4S. The third-order valence-electron chi connectivity index (χ3n) is 4.64. The summed E-state index contributed by atoms with van der Waals surface area (Å²) in [6.45, 7) is 1.41. The van der Waals surface area contributed by atoms with E-state index in [1.165, 1.54) is 17.5 Å². The van der Waals surface area contributed by atoms with Gasteiger partial charge >= 0.3 is 0 Å². The monoisotopic (exact) mass is 400 g/mol. The van der Waals surface area contributed by atoms with Crippen molar-refractivity contribution in [3.63, 3.8) is 0 Å². The zero-order valence-electron chi connectivity index (χ0n) is 15.4. The van der Waals surface area contributed by atoms with E-state index >= 15 is 0 Å². The second kappa shape index (κ2) is 7.61. The molecule has 3 aromatic rings. The van der Waals surface area contributed by atoms with E-state index in [1.807, 2.05) is 10.6 Å². The zero-order chi connectivity index (χ0) is 19.6. The molecule has 0 aliphatic carbocycles. The molecule has 1 aromatic carbocycles. The summed E-state index contributed by atoms with van der Waals surface area (Å²) in [5, 5.41) is 0. The predicted molar refractivity (Wildman–Crippen MR) is 101 cm³/mol. The Morgan fingerprint density at radius 2 is 2.00 bits per heavy atom. The number of nitrogens with zero attached hydrogens (tertiary/aromatic N) is 4. The van der Waals surface area contributed by atoms with E-state index in [1.54, 1.807) is 43.0 Å². The van der Waals surface area contributed by atoms with Gasteiger partial charge in [-0.3, -0.25) is 4.98 Å². The van der Waals surface area contributed by atoms with Crippen molar-refractivity contribution in [1.82, 2.24) is 18.8 Å². The molecular weight excluding hydrogens is 380 g/mol. The number of fused-ring (bicyclic) bond motifs is 1. The van der Waals surface area contributed by atoms with Crippen LogP contribution in [0.15, 0.2) is 60.0 Å². The van der Waals surface area contributed by atoms with E-state index in [0.717, 1.165) is 11.4 Å². The molecule has 0 bridgehead atoms. The number of pyridine rings is 1. The molecule has 0 saturated carbocycles. The van der Waals surface area contributed by atoms with E-state index in [-0.39, 0.29) is 18.0 Å². The zero-order valence-corrected chi connectivity index (χ0v) is 16.2. The Morgan fingerprint density at radius 3 is 2.79 bits per heavy atom. The van der Waals surface area contributed by atoms with E-state index < -0.39 is 10.0 Å². The molecule has 2 aromatic heterocycles. The summed E-state index contributed by atoms with van der Waals surface area (Å²) in [7, 11) is -2.12. The van der Waals surface area contributed by atoms with Gasteiger partial charge in [-0.05, 0) is 24.3 Å². The first-order valence-corrected chi connectivity index (χ1v) is 10.2. The van der Waals surface area contributed by atoms with E-state index in [0.29, 0.717) is 24.6 Å². The van der Waals surface area contributed by atoms with Crippen LogP contribution in [0.4, 0.5) is 0 Å². The van der Waals surface area contributed by atoms with Gasteiger partial charge in [-0.15, -0.1) is 0 Å². The van der Waals surface area contributed by atoms with Crippen LogP contribution < -0.4 is 9.47 Å². The largest absolute Gasteiger partial charge is 0.497 e. The SMILES string of the molecule is COc1cccc(S(=O)(=O)N2CCn3cnc(COc4cccnc4)c3C2)c1. The van der Waals surface area contributed by atoms with Gasteiger partial charge in [0.05, 0.1) is 36.8 Å². The van der Waals surface area contributed by atoms with Crippen molar-refractivity contribution < 1.29 is 17.9 Å². The van der Waals surface area contributed by atoms with Gasteiger partial charge < -0.3 is 14.0 Å². The second-order valence-corrected chi connectivity index (χ2v) is 8.26. The number of hydrogen-bond acceptors (Lipinski definition) is 6. The van der Waals surface area contributed by atoms with Crippen molar-refractivity contribution in [3.8, 4) is 11.5 Å². The molecule has 0 saturated heterocycles. The van der Waals surface area contributed by atoms with Crippen LogP contribution in [0.3, 0.4) is 0 Å². The van der Waals surface area contributed by atoms with Crippen molar-refractivity contribution >= 4 is 10.0 Å². The van der Waals surface area contributed by atoms with Crippen LogP contribution in [0.25, 0.3) is 0 Å². The number of benzene rings is 1. The first-order valence-electron chi connectivity index (χ1n) is 8.78. The molecule has 1 aliphatic heterocycles. The Bertz CT molecular complexity index is 1070. The topological polar surface area (TPSA) is 86.6 Å². The molecule has 4 rings (SSSR count). The molecule has 3 heterocycles.